The molecule has 0 saturated carbocycles. The largest absolute Gasteiger partial charge is 0.492 e. The monoisotopic (exact) mass is 374 g/mol. The zero-order valence-corrected chi connectivity index (χ0v) is 15.1. The first-order valence-corrected chi connectivity index (χ1v) is 8.60. The van der Waals surface area contributed by atoms with Crippen LogP contribution in [0, 0.1) is 11.6 Å². The average molecular weight is 374 g/mol. The molecule has 5 nitrogen and oxygen atoms in total. The van der Waals surface area contributed by atoms with Gasteiger partial charge in [0.1, 0.15) is 11.8 Å². The van der Waals surface area contributed by atoms with E-state index in [1.807, 2.05) is 6.07 Å². The highest BCUT2D eigenvalue weighted by molar-refractivity contribution is 6.00. The van der Waals surface area contributed by atoms with Gasteiger partial charge in [0, 0.05) is 14.1 Å². The molecule has 0 radical (unpaired) electrons. The van der Waals surface area contributed by atoms with E-state index in [2.05, 4.69) is 5.32 Å². The number of aryl methyl sites for hydroxylation is 1. The van der Waals surface area contributed by atoms with Gasteiger partial charge in [-0.15, -0.1) is 0 Å². The van der Waals surface area contributed by atoms with Crippen molar-refractivity contribution < 1.29 is 23.1 Å². The summed E-state index contributed by atoms with van der Waals surface area (Å²) in [6.45, 7) is 0.514. The summed E-state index contributed by atoms with van der Waals surface area (Å²) in [5, 5.41) is 2.63. The number of amides is 2. The van der Waals surface area contributed by atoms with Gasteiger partial charge in [-0.1, -0.05) is 18.2 Å². The van der Waals surface area contributed by atoms with Crippen LogP contribution in [0.15, 0.2) is 36.4 Å². The molecule has 2 aromatic carbocycles. The Labute approximate surface area is 155 Å². The third kappa shape index (κ3) is 3.92. The molecule has 7 heteroatoms. The Bertz CT molecular complexity index is 884. The summed E-state index contributed by atoms with van der Waals surface area (Å²) in [7, 11) is 3.05. The Morgan fingerprint density at radius 1 is 1.15 bits per heavy atom. The van der Waals surface area contributed by atoms with Gasteiger partial charge >= 0.3 is 0 Å². The van der Waals surface area contributed by atoms with Crippen molar-refractivity contribution in [1.82, 2.24) is 10.2 Å². The summed E-state index contributed by atoms with van der Waals surface area (Å²) < 4.78 is 32.6. The number of hydrogen-bond acceptors (Lipinski definition) is 3. The number of rotatable bonds is 4. The van der Waals surface area contributed by atoms with Gasteiger partial charge in [-0.05, 0) is 42.2 Å². The molecule has 2 aromatic rings. The number of ether oxygens (including phenoxy) is 1. The van der Waals surface area contributed by atoms with E-state index < -0.39 is 29.5 Å². The summed E-state index contributed by atoms with van der Waals surface area (Å²) in [6.07, 6.45) is 1.67. The molecule has 142 valence electrons. The number of nitrogens with zero attached hydrogens (tertiary/aromatic N) is 1. The predicted octanol–water partition coefficient (Wildman–Crippen LogP) is 2.85. The van der Waals surface area contributed by atoms with E-state index in [4.69, 9.17) is 4.74 Å². The second kappa shape index (κ2) is 7.73. The van der Waals surface area contributed by atoms with Crippen LogP contribution in [0.4, 0.5) is 8.78 Å². The molecule has 1 heterocycles. The van der Waals surface area contributed by atoms with Crippen molar-refractivity contribution in [2.75, 3.05) is 20.7 Å². The fourth-order valence-electron chi connectivity index (χ4n) is 3.01. The van der Waals surface area contributed by atoms with Crippen molar-refractivity contribution in [1.29, 1.82) is 0 Å². The van der Waals surface area contributed by atoms with Crippen LogP contribution in [0.2, 0.25) is 0 Å². The lowest BCUT2D eigenvalue weighted by atomic mass is 10.0. The summed E-state index contributed by atoms with van der Waals surface area (Å²) in [5.74, 6) is -2.58. The fourth-order valence-corrected chi connectivity index (χ4v) is 3.01. The highest BCUT2D eigenvalue weighted by atomic mass is 19.2. The van der Waals surface area contributed by atoms with Crippen molar-refractivity contribution >= 4 is 11.8 Å². The number of hydrogen-bond donors (Lipinski definition) is 1. The van der Waals surface area contributed by atoms with E-state index in [0.717, 1.165) is 30.5 Å². The maximum absolute atomic E-state index is 13.7. The van der Waals surface area contributed by atoms with Crippen molar-refractivity contribution in [3.05, 3.63) is 64.7 Å². The minimum atomic E-state index is -1.15. The van der Waals surface area contributed by atoms with Crippen LogP contribution in [0.5, 0.6) is 5.75 Å². The molecule has 1 unspecified atom stereocenters. The topological polar surface area (TPSA) is 58.6 Å². The predicted molar refractivity (Wildman–Crippen MR) is 95.5 cm³/mol. The highest BCUT2D eigenvalue weighted by Crippen LogP contribution is 2.29. The van der Waals surface area contributed by atoms with Crippen molar-refractivity contribution in [2.24, 2.45) is 0 Å². The molecule has 0 saturated heterocycles. The molecule has 0 aromatic heterocycles. The second-order valence-corrected chi connectivity index (χ2v) is 6.56. The van der Waals surface area contributed by atoms with E-state index in [0.29, 0.717) is 17.9 Å². The Balaban J connectivity index is 1.94. The molecule has 0 fully saturated rings. The fraction of sp³-hybridized carbons (Fsp3) is 0.300. The number of fused-ring (bicyclic) bond motifs is 1. The van der Waals surface area contributed by atoms with Crippen LogP contribution in [0.3, 0.4) is 0 Å². The van der Waals surface area contributed by atoms with Crippen LogP contribution in [-0.2, 0) is 11.2 Å². The van der Waals surface area contributed by atoms with Gasteiger partial charge in [-0.3, -0.25) is 9.59 Å². The van der Waals surface area contributed by atoms with Crippen molar-refractivity contribution in [2.45, 2.75) is 18.9 Å². The minimum Gasteiger partial charge on any atom is -0.492 e. The number of benzene rings is 2. The highest BCUT2D eigenvalue weighted by Gasteiger charge is 2.28. The van der Waals surface area contributed by atoms with Crippen molar-refractivity contribution in [3.8, 4) is 5.75 Å². The van der Waals surface area contributed by atoms with Crippen molar-refractivity contribution in [3.63, 3.8) is 0 Å². The third-order valence-corrected chi connectivity index (χ3v) is 4.42. The number of halogens is 2. The number of carbonyl (C=O) groups is 2. The average Bonchev–Trinajstić information content (AvgIpc) is 2.67. The standard InChI is InChI=1S/C20H20F2N2O3/c1-24(2)20(26)17(13-8-9-15(21)16(22)11-13)23-19(25)14-7-3-5-12-6-4-10-27-18(12)14/h3,5,7-9,11,17H,4,6,10H2,1-2H3,(H,23,25). The Morgan fingerprint density at radius 3 is 2.63 bits per heavy atom. The van der Waals surface area contributed by atoms with Crippen LogP contribution in [0.25, 0.3) is 0 Å². The summed E-state index contributed by atoms with van der Waals surface area (Å²) >= 11 is 0. The van der Waals surface area contributed by atoms with Crippen LogP contribution in [-0.4, -0.2) is 37.4 Å². The molecule has 1 atom stereocenters. The van der Waals surface area contributed by atoms with Gasteiger partial charge < -0.3 is 15.0 Å². The molecule has 0 aliphatic carbocycles. The lowest BCUT2D eigenvalue weighted by molar-refractivity contribution is -0.130. The zero-order valence-electron chi connectivity index (χ0n) is 15.1. The van der Waals surface area contributed by atoms with Crippen LogP contribution in [0.1, 0.15) is 33.9 Å². The number of para-hydroxylation sites is 1. The first kappa shape index (κ1) is 18.8. The van der Waals surface area contributed by atoms with E-state index in [1.165, 1.54) is 25.1 Å². The zero-order chi connectivity index (χ0) is 19.6. The van der Waals surface area contributed by atoms with Gasteiger partial charge in [0.15, 0.2) is 11.6 Å². The molecule has 1 aliphatic rings. The van der Waals surface area contributed by atoms with Gasteiger partial charge in [-0.2, -0.15) is 0 Å². The van der Waals surface area contributed by atoms with E-state index >= 15 is 0 Å². The Morgan fingerprint density at radius 2 is 1.93 bits per heavy atom. The molecule has 1 aliphatic heterocycles. The lowest BCUT2D eigenvalue weighted by Gasteiger charge is -2.24. The normalized spacial score (nSPS) is 13.9. The number of likely N-dealkylation sites (N-methyl/N-ethyl adjacent to an activating group) is 1. The number of nitrogens with one attached hydrogen (secondary N) is 1. The maximum Gasteiger partial charge on any atom is 0.255 e. The molecular formula is C20H20F2N2O3. The van der Waals surface area contributed by atoms with Gasteiger partial charge in [0.2, 0.25) is 5.91 Å². The first-order chi connectivity index (χ1) is 12.9. The SMILES string of the molecule is CN(C)C(=O)C(NC(=O)c1cccc2c1OCCC2)c1ccc(F)c(F)c1. The maximum atomic E-state index is 13.7. The quantitative estimate of drug-likeness (QED) is 0.895. The second-order valence-electron chi connectivity index (χ2n) is 6.56. The third-order valence-electron chi connectivity index (χ3n) is 4.42. The smallest absolute Gasteiger partial charge is 0.255 e. The molecule has 3 rings (SSSR count). The molecule has 0 spiro atoms. The summed E-state index contributed by atoms with van der Waals surface area (Å²) in [4.78, 5) is 26.7. The molecular weight excluding hydrogens is 354 g/mol. The minimum absolute atomic E-state index is 0.159. The molecule has 2 amide bonds. The lowest BCUT2D eigenvalue weighted by Crippen LogP contribution is -2.40. The van der Waals surface area contributed by atoms with Gasteiger partial charge in [-0.25, -0.2) is 8.78 Å². The Kier molecular flexibility index (Phi) is 5.39. The molecule has 1 N–H and O–H groups in total. The van der Waals surface area contributed by atoms with Crippen LogP contribution >= 0.6 is 0 Å². The van der Waals surface area contributed by atoms with E-state index in [-0.39, 0.29) is 5.56 Å². The van der Waals surface area contributed by atoms with Gasteiger partial charge in [0.25, 0.3) is 5.91 Å². The van der Waals surface area contributed by atoms with E-state index in [9.17, 15) is 18.4 Å². The Hall–Kier alpha value is -2.96. The van der Waals surface area contributed by atoms with Gasteiger partial charge in [0.05, 0.1) is 12.2 Å². The first-order valence-electron chi connectivity index (χ1n) is 8.60. The molecule has 0 bridgehead atoms. The summed E-state index contributed by atoms with van der Waals surface area (Å²) in [5.41, 5.74) is 1.40. The van der Waals surface area contributed by atoms with E-state index in [1.54, 1.807) is 12.1 Å². The van der Waals surface area contributed by atoms with Crippen LogP contribution < -0.4 is 10.1 Å². The number of carbonyl (C=O) groups excluding carboxylic acids is 2. The molecule has 27 heavy (non-hydrogen) atoms. The summed E-state index contributed by atoms with van der Waals surface area (Å²) in [6, 6.07) is 7.23.